The number of benzene rings is 2. The molecule has 0 aliphatic rings. The number of nitrogens with one attached hydrogen (secondary N) is 1. The maximum atomic E-state index is 12.5. The van der Waals surface area contributed by atoms with Crippen molar-refractivity contribution in [1.29, 1.82) is 0 Å². The van der Waals surface area contributed by atoms with E-state index in [0.29, 0.717) is 16.0 Å². The lowest BCUT2D eigenvalue weighted by Gasteiger charge is -2.12. The lowest BCUT2D eigenvalue weighted by atomic mass is 10.2. The first-order valence-corrected chi connectivity index (χ1v) is 8.46. The molecule has 8 heteroatoms. The normalized spacial score (nSPS) is 12.4. The van der Waals surface area contributed by atoms with Crippen LogP contribution in [-0.4, -0.2) is 25.9 Å². The zero-order valence-corrected chi connectivity index (χ0v) is 14.0. The highest BCUT2D eigenvalue weighted by atomic mass is 32.1. The molecule has 124 valence electrons. The van der Waals surface area contributed by atoms with Crippen LogP contribution in [0.15, 0.2) is 53.3 Å². The summed E-state index contributed by atoms with van der Waals surface area (Å²) in [5, 5.41) is 11.6. The van der Waals surface area contributed by atoms with Crippen molar-refractivity contribution in [1.82, 2.24) is 20.0 Å². The number of carbonyl (C=O) groups excluding carboxylic acids is 1. The van der Waals surface area contributed by atoms with E-state index in [2.05, 4.69) is 20.6 Å². The van der Waals surface area contributed by atoms with Crippen molar-refractivity contribution in [2.75, 3.05) is 5.32 Å². The van der Waals surface area contributed by atoms with Crippen molar-refractivity contribution < 1.29 is 4.79 Å². The largest absolute Gasteiger partial charge is 0.300 e. The number of carbonyl (C=O) groups is 1. The Morgan fingerprint density at radius 1 is 1.12 bits per heavy atom. The average molecular weight is 351 g/mol. The van der Waals surface area contributed by atoms with Gasteiger partial charge in [0, 0.05) is 0 Å². The molecule has 1 atom stereocenters. The molecule has 0 aliphatic carbocycles. The smallest absolute Gasteiger partial charge is 0.278 e. The van der Waals surface area contributed by atoms with Crippen LogP contribution in [0.1, 0.15) is 13.0 Å². The van der Waals surface area contributed by atoms with Crippen LogP contribution in [0.5, 0.6) is 0 Å². The summed E-state index contributed by atoms with van der Waals surface area (Å²) >= 11 is 1.38. The van der Waals surface area contributed by atoms with Gasteiger partial charge in [0.2, 0.25) is 0 Å². The highest BCUT2D eigenvalue weighted by Crippen LogP contribution is 2.25. The number of rotatable bonds is 3. The van der Waals surface area contributed by atoms with Gasteiger partial charge in [-0.2, -0.15) is 4.68 Å². The number of anilines is 1. The molecule has 25 heavy (non-hydrogen) atoms. The monoisotopic (exact) mass is 351 g/mol. The van der Waals surface area contributed by atoms with Gasteiger partial charge < -0.3 is 5.32 Å². The summed E-state index contributed by atoms with van der Waals surface area (Å²) in [5.41, 5.74) is 0.971. The first-order chi connectivity index (χ1) is 12.1. The summed E-state index contributed by atoms with van der Waals surface area (Å²) in [6.07, 6.45) is 0. The molecule has 0 radical (unpaired) electrons. The molecule has 1 unspecified atom stereocenters. The van der Waals surface area contributed by atoms with Crippen LogP contribution in [0, 0.1) is 0 Å². The molecular formula is C17H13N5O2S. The van der Waals surface area contributed by atoms with Crippen LogP contribution in [0.2, 0.25) is 0 Å². The first-order valence-electron chi connectivity index (χ1n) is 7.64. The Labute approximate surface area is 145 Å². The quantitative estimate of drug-likeness (QED) is 0.613. The number of para-hydroxylation sites is 1. The van der Waals surface area contributed by atoms with Gasteiger partial charge in [-0.1, -0.05) is 40.8 Å². The zero-order chi connectivity index (χ0) is 17.4. The van der Waals surface area contributed by atoms with Crippen molar-refractivity contribution >= 4 is 43.5 Å². The minimum Gasteiger partial charge on any atom is -0.300 e. The molecular weight excluding hydrogens is 338 g/mol. The van der Waals surface area contributed by atoms with Crippen molar-refractivity contribution in [2.24, 2.45) is 0 Å². The van der Waals surface area contributed by atoms with Crippen LogP contribution in [-0.2, 0) is 4.79 Å². The van der Waals surface area contributed by atoms with Crippen LogP contribution in [0.25, 0.3) is 21.1 Å². The number of hydrogen-bond acceptors (Lipinski definition) is 6. The number of amides is 1. The van der Waals surface area contributed by atoms with E-state index >= 15 is 0 Å². The third-order valence-electron chi connectivity index (χ3n) is 3.86. The van der Waals surface area contributed by atoms with E-state index in [-0.39, 0.29) is 11.5 Å². The standard InChI is InChI=1S/C17H13N5O2S/c1-10(22-16(24)11-6-2-3-7-12(11)20-21-22)15(23)19-17-18-13-8-4-5-9-14(13)25-17/h2-10H,1H3,(H,18,19,23). The fourth-order valence-electron chi connectivity index (χ4n) is 2.50. The van der Waals surface area contributed by atoms with Crippen molar-refractivity contribution in [3.63, 3.8) is 0 Å². The van der Waals surface area contributed by atoms with E-state index in [1.807, 2.05) is 24.3 Å². The highest BCUT2D eigenvalue weighted by molar-refractivity contribution is 7.22. The minimum atomic E-state index is -0.809. The van der Waals surface area contributed by atoms with Gasteiger partial charge in [0.05, 0.1) is 15.6 Å². The molecule has 0 spiro atoms. The molecule has 1 amide bonds. The Morgan fingerprint density at radius 2 is 1.84 bits per heavy atom. The summed E-state index contributed by atoms with van der Waals surface area (Å²) in [6.45, 7) is 1.60. The summed E-state index contributed by atoms with van der Waals surface area (Å²) < 4.78 is 2.07. The van der Waals surface area contributed by atoms with Gasteiger partial charge in [0.15, 0.2) is 5.13 Å². The van der Waals surface area contributed by atoms with Gasteiger partial charge in [0.1, 0.15) is 11.6 Å². The third kappa shape index (κ3) is 2.76. The van der Waals surface area contributed by atoms with Crippen LogP contribution >= 0.6 is 11.3 Å². The van der Waals surface area contributed by atoms with Gasteiger partial charge in [-0.15, -0.1) is 5.10 Å². The van der Waals surface area contributed by atoms with Gasteiger partial charge in [0.25, 0.3) is 11.5 Å². The van der Waals surface area contributed by atoms with Crippen LogP contribution < -0.4 is 10.9 Å². The number of hydrogen-bond donors (Lipinski definition) is 1. The average Bonchev–Trinajstić information content (AvgIpc) is 3.04. The fourth-order valence-corrected chi connectivity index (χ4v) is 3.37. The number of fused-ring (bicyclic) bond motifs is 2. The summed E-state index contributed by atoms with van der Waals surface area (Å²) in [7, 11) is 0. The Morgan fingerprint density at radius 3 is 2.64 bits per heavy atom. The molecule has 2 aromatic carbocycles. The first kappa shape index (κ1) is 15.4. The molecule has 1 N–H and O–H groups in total. The van der Waals surface area contributed by atoms with E-state index in [4.69, 9.17) is 0 Å². The van der Waals surface area contributed by atoms with E-state index in [1.54, 1.807) is 31.2 Å². The lowest BCUT2D eigenvalue weighted by molar-refractivity contribution is -0.119. The van der Waals surface area contributed by atoms with Gasteiger partial charge in [-0.05, 0) is 31.2 Å². The zero-order valence-electron chi connectivity index (χ0n) is 13.2. The highest BCUT2D eigenvalue weighted by Gasteiger charge is 2.20. The second-order valence-electron chi connectivity index (χ2n) is 5.51. The molecule has 7 nitrogen and oxygen atoms in total. The topological polar surface area (TPSA) is 89.8 Å². The fraction of sp³-hybridized carbons (Fsp3) is 0.118. The second-order valence-corrected chi connectivity index (χ2v) is 6.54. The SMILES string of the molecule is CC(C(=O)Nc1nc2ccccc2s1)n1nnc2ccccc2c1=O. The molecule has 0 bridgehead atoms. The predicted molar refractivity (Wildman–Crippen MR) is 96.8 cm³/mol. The maximum absolute atomic E-state index is 12.5. The number of thiazole rings is 1. The van der Waals surface area contributed by atoms with E-state index in [9.17, 15) is 9.59 Å². The van der Waals surface area contributed by atoms with Crippen LogP contribution in [0.4, 0.5) is 5.13 Å². The number of aromatic nitrogens is 4. The van der Waals surface area contributed by atoms with Gasteiger partial charge >= 0.3 is 0 Å². The van der Waals surface area contributed by atoms with E-state index < -0.39 is 6.04 Å². The Bertz CT molecular complexity index is 1120. The third-order valence-corrected chi connectivity index (χ3v) is 4.81. The van der Waals surface area contributed by atoms with E-state index in [1.165, 1.54) is 11.3 Å². The molecule has 2 aromatic heterocycles. The Hall–Kier alpha value is -3.13. The van der Waals surface area contributed by atoms with Crippen LogP contribution in [0.3, 0.4) is 0 Å². The van der Waals surface area contributed by atoms with E-state index in [0.717, 1.165) is 14.9 Å². The molecule has 0 saturated heterocycles. The Balaban J connectivity index is 1.64. The molecule has 4 aromatic rings. The lowest BCUT2D eigenvalue weighted by Crippen LogP contribution is -2.34. The van der Waals surface area contributed by atoms with Gasteiger partial charge in [-0.25, -0.2) is 4.98 Å². The molecule has 2 heterocycles. The minimum absolute atomic E-state index is 0.349. The van der Waals surface area contributed by atoms with Crippen molar-refractivity contribution in [2.45, 2.75) is 13.0 Å². The van der Waals surface area contributed by atoms with Gasteiger partial charge in [-0.3, -0.25) is 9.59 Å². The van der Waals surface area contributed by atoms with Crippen molar-refractivity contribution in [3.8, 4) is 0 Å². The molecule has 0 aliphatic heterocycles. The maximum Gasteiger partial charge on any atom is 0.278 e. The second kappa shape index (κ2) is 6.06. The number of nitrogens with zero attached hydrogens (tertiary/aromatic N) is 4. The summed E-state index contributed by atoms with van der Waals surface area (Å²) in [5.74, 6) is -0.370. The van der Waals surface area contributed by atoms with Crippen molar-refractivity contribution in [3.05, 3.63) is 58.9 Å². The molecule has 0 fully saturated rings. The summed E-state index contributed by atoms with van der Waals surface area (Å²) in [4.78, 5) is 29.4. The predicted octanol–water partition coefficient (Wildman–Crippen LogP) is 2.60. The molecule has 0 saturated carbocycles. The Kier molecular flexibility index (Phi) is 3.73. The summed E-state index contributed by atoms with van der Waals surface area (Å²) in [6, 6.07) is 13.7. The molecule has 4 rings (SSSR count).